The monoisotopic (exact) mass is 356 g/mol. The molecule has 24 heavy (non-hydrogen) atoms. The lowest BCUT2D eigenvalue weighted by molar-refractivity contribution is -0.384. The van der Waals surface area contributed by atoms with E-state index in [4.69, 9.17) is 5.73 Å². The zero-order valence-corrected chi connectivity index (χ0v) is 14.9. The average molecular weight is 357 g/mol. The van der Waals surface area contributed by atoms with Crippen molar-refractivity contribution in [2.75, 3.05) is 31.6 Å². The van der Waals surface area contributed by atoms with E-state index >= 15 is 0 Å². The van der Waals surface area contributed by atoms with E-state index in [1.165, 1.54) is 6.07 Å². The number of rotatable bonds is 5. The second-order valence-electron chi connectivity index (χ2n) is 6.21. The maximum atomic E-state index is 12.6. The van der Waals surface area contributed by atoms with Gasteiger partial charge in [0.25, 0.3) is 5.69 Å². The number of nitrogens with zero attached hydrogens (tertiary/aromatic N) is 3. The molecule has 2 unspecified atom stereocenters. The van der Waals surface area contributed by atoms with E-state index in [0.29, 0.717) is 24.7 Å². The number of piperidine rings is 1. The van der Waals surface area contributed by atoms with Crippen LogP contribution in [0.4, 0.5) is 11.4 Å². The van der Waals surface area contributed by atoms with Crippen molar-refractivity contribution in [3.05, 3.63) is 34.4 Å². The van der Waals surface area contributed by atoms with Gasteiger partial charge in [0.1, 0.15) is 5.69 Å². The Morgan fingerprint density at radius 2 is 2.12 bits per heavy atom. The molecule has 0 aliphatic carbocycles. The Labute approximate surface area is 148 Å². The third-order valence-electron chi connectivity index (χ3n) is 4.43. The summed E-state index contributed by atoms with van der Waals surface area (Å²) in [5.74, 6) is 0.536. The molecule has 1 heterocycles. The zero-order valence-electron chi connectivity index (χ0n) is 14.1. The van der Waals surface area contributed by atoms with E-state index < -0.39 is 4.92 Å². The van der Waals surface area contributed by atoms with Crippen LogP contribution in [0.3, 0.4) is 0 Å². The molecule has 0 spiro atoms. The van der Waals surface area contributed by atoms with Crippen LogP contribution in [0, 0.1) is 16.0 Å². The minimum absolute atomic E-state index is 0. The average Bonchev–Trinajstić information content (AvgIpc) is 2.54. The molecule has 2 atom stereocenters. The third kappa shape index (κ3) is 4.58. The Hall–Kier alpha value is -1.86. The molecule has 2 N–H and O–H groups in total. The van der Waals surface area contributed by atoms with Gasteiger partial charge in [-0.25, -0.2) is 0 Å². The third-order valence-corrected chi connectivity index (χ3v) is 4.43. The number of nitro groups is 1. The van der Waals surface area contributed by atoms with Gasteiger partial charge in [0.15, 0.2) is 0 Å². The van der Waals surface area contributed by atoms with Gasteiger partial charge in [0.05, 0.1) is 11.5 Å². The molecule has 0 saturated carbocycles. The largest absolute Gasteiger partial charge is 0.360 e. The summed E-state index contributed by atoms with van der Waals surface area (Å²) in [7, 11) is 1.70. The van der Waals surface area contributed by atoms with Crippen LogP contribution in [-0.4, -0.2) is 48.5 Å². The predicted octanol–water partition coefficient (Wildman–Crippen LogP) is 2.04. The zero-order chi connectivity index (χ0) is 17.0. The summed E-state index contributed by atoms with van der Waals surface area (Å²) >= 11 is 0. The molecule has 0 aromatic heterocycles. The van der Waals surface area contributed by atoms with Gasteiger partial charge < -0.3 is 15.5 Å². The Balaban J connectivity index is 0.00000288. The fraction of sp³-hybridized carbons (Fsp3) is 0.562. The summed E-state index contributed by atoms with van der Waals surface area (Å²) < 4.78 is 0. The number of likely N-dealkylation sites (tertiary alicyclic amines) is 1. The van der Waals surface area contributed by atoms with Crippen molar-refractivity contribution in [2.24, 2.45) is 11.7 Å². The second-order valence-corrected chi connectivity index (χ2v) is 6.21. The molecule has 1 aromatic carbocycles. The van der Waals surface area contributed by atoms with Crippen LogP contribution in [0.2, 0.25) is 0 Å². The van der Waals surface area contributed by atoms with E-state index in [1.807, 2.05) is 4.90 Å². The molecule has 1 fully saturated rings. The van der Waals surface area contributed by atoms with Crippen LogP contribution in [0.15, 0.2) is 24.3 Å². The fourth-order valence-corrected chi connectivity index (χ4v) is 3.12. The lowest BCUT2D eigenvalue weighted by atomic mass is 9.92. The number of carbonyl (C=O) groups is 1. The van der Waals surface area contributed by atoms with E-state index in [0.717, 1.165) is 12.8 Å². The lowest BCUT2D eigenvalue weighted by Gasteiger charge is -2.38. The minimum Gasteiger partial charge on any atom is -0.360 e. The SMILES string of the molecule is CC1CCN(C(=O)CN(C)c2ccccc2[N+](=O)[O-])C(CN)C1.Cl. The van der Waals surface area contributed by atoms with E-state index in [1.54, 1.807) is 30.1 Å². The molecular weight excluding hydrogens is 332 g/mol. The summed E-state index contributed by atoms with van der Waals surface area (Å²) in [6.07, 6.45) is 1.88. The van der Waals surface area contributed by atoms with Gasteiger partial charge in [-0.1, -0.05) is 19.1 Å². The number of nitro benzene ring substituents is 1. The highest BCUT2D eigenvalue weighted by atomic mass is 35.5. The van der Waals surface area contributed by atoms with Crippen LogP contribution >= 0.6 is 12.4 Å². The first-order valence-corrected chi connectivity index (χ1v) is 7.88. The molecule has 1 saturated heterocycles. The Morgan fingerprint density at radius 3 is 2.75 bits per heavy atom. The smallest absolute Gasteiger partial charge is 0.292 e. The molecule has 2 rings (SSSR count). The summed E-state index contributed by atoms with van der Waals surface area (Å²) in [6.45, 7) is 3.43. The van der Waals surface area contributed by atoms with Crippen molar-refractivity contribution >= 4 is 29.7 Å². The van der Waals surface area contributed by atoms with E-state index in [2.05, 4.69) is 6.92 Å². The molecule has 1 aliphatic heterocycles. The molecule has 134 valence electrons. The molecule has 8 heteroatoms. The number of likely N-dealkylation sites (N-methyl/N-ethyl adjacent to an activating group) is 1. The molecular formula is C16H25ClN4O3. The number of halogens is 1. The number of hydrogen-bond donors (Lipinski definition) is 1. The van der Waals surface area contributed by atoms with Crippen molar-refractivity contribution in [3.8, 4) is 0 Å². The van der Waals surface area contributed by atoms with Gasteiger partial charge >= 0.3 is 0 Å². The van der Waals surface area contributed by atoms with Crippen LogP contribution in [0.1, 0.15) is 19.8 Å². The summed E-state index contributed by atoms with van der Waals surface area (Å²) in [6, 6.07) is 6.51. The second kappa shape index (κ2) is 8.84. The normalized spacial score (nSPS) is 20.2. The fourth-order valence-electron chi connectivity index (χ4n) is 3.12. The van der Waals surface area contributed by atoms with Crippen LogP contribution in [-0.2, 0) is 4.79 Å². The summed E-state index contributed by atoms with van der Waals surface area (Å²) in [4.78, 5) is 26.7. The van der Waals surface area contributed by atoms with Crippen molar-refractivity contribution in [1.29, 1.82) is 0 Å². The number of hydrogen-bond acceptors (Lipinski definition) is 5. The first-order chi connectivity index (χ1) is 10.9. The molecule has 1 amide bonds. The molecule has 1 aliphatic rings. The van der Waals surface area contributed by atoms with Crippen molar-refractivity contribution in [1.82, 2.24) is 4.90 Å². The van der Waals surface area contributed by atoms with Gasteiger partial charge in [0, 0.05) is 32.2 Å². The van der Waals surface area contributed by atoms with Crippen LogP contribution < -0.4 is 10.6 Å². The lowest BCUT2D eigenvalue weighted by Crippen LogP contribution is -2.51. The number of benzene rings is 1. The molecule has 7 nitrogen and oxygen atoms in total. The van der Waals surface area contributed by atoms with Crippen LogP contribution in [0.25, 0.3) is 0 Å². The number of nitrogens with two attached hydrogens (primary N) is 1. The predicted molar refractivity (Wildman–Crippen MR) is 96.6 cm³/mol. The summed E-state index contributed by atoms with van der Waals surface area (Å²) in [5.41, 5.74) is 6.25. The van der Waals surface area contributed by atoms with Gasteiger partial charge in [-0.05, 0) is 24.8 Å². The highest BCUT2D eigenvalue weighted by Crippen LogP contribution is 2.27. The van der Waals surface area contributed by atoms with Crippen molar-refractivity contribution in [3.63, 3.8) is 0 Å². The quantitative estimate of drug-likeness (QED) is 0.643. The number of anilines is 1. The van der Waals surface area contributed by atoms with E-state index in [9.17, 15) is 14.9 Å². The minimum atomic E-state index is -0.429. The van der Waals surface area contributed by atoms with Gasteiger partial charge in [-0.15, -0.1) is 12.4 Å². The first-order valence-electron chi connectivity index (χ1n) is 7.88. The van der Waals surface area contributed by atoms with Gasteiger partial charge in [0.2, 0.25) is 5.91 Å². The first kappa shape index (κ1) is 20.2. The number of carbonyl (C=O) groups excluding carboxylic acids is 1. The molecule has 1 aromatic rings. The number of para-hydroxylation sites is 2. The maximum absolute atomic E-state index is 12.6. The van der Waals surface area contributed by atoms with Gasteiger partial charge in [-0.3, -0.25) is 14.9 Å². The number of amides is 1. The highest BCUT2D eigenvalue weighted by molar-refractivity contribution is 5.85. The highest BCUT2D eigenvalue weighted by Gasteiger charge is 2.30. The Kier molecular flexibility index (Phi) is 7.44. The van der Waals surface area contributed by atoms with Crippen molar-refractivity contribution in [2.45, 2.75) is 25.8 Å². The molecule has 0 bridgehead atoms. The maximum Gasteiger partial charge on any atom is 0.292 e. The Morgan fingerprint density at radius 1 is 1.46 bits per heavy atom. The van der Waals surface area contributed by atoms with Crippen molar-refractivity contribution < 1.29 is 9.72 Å². The van der Waals surface area contributed by atoms with Crippen LogP contribution in [0.5, 0.6) is 0 Å². The van der Waals surface area contributed by atoms with Gasteiger partial charge in [-0.2, -0.15) is 0 Å². The molecule has 0 radical (unpaired) electrons. The topological polar surface area (TPSA) is 92.7 Å². The van der Waals surface area contributed by atoms with E-state index in [-0.39, 0.29) is 36.6 Å². The summed E-state index contributed by atoms with van der Waals surface area (Å²) in [5, 5.41) is 11.1. The Bertz CT molecular complexity index is 584. The standard InChI is InChI=1S/C16H24N4O3.ClH/c1-12-7-8-19(13(9-12)10-17)16(21)11-18(2)14-5-3-4-6-15(14)20(22)23;/h3-6,12-13H,7-11,17H2,1-2H3;1H.